The van der Waals surface area contributed by atoms with Crippen molar-refractivity contribution >= 4 is 22.7 Å². The van der Waals surface area contributed by atoms with Crippen LogP contribution in [0.25, 0.3) is 0 Å². The molecule has 0 fully saturated rings. The molecule has 0 bridgehead atoms. The number of hydrogen-bond donors (Lipinski definition) is 2. The second-order valence-corrected chi connectivity index (χ2v) is 2.22. The number of methoxy groups -OCH3 is 1. The number of nitrogens with zero attached hydrogens (tertiary/aromatic N) is 1. The third-order valence-electron chi connectivity index (χ3n) is 1.38. The van der Waals surface area contributed by atoms with Gasteiger partial charge < -0.3 is 4.74 Å². The minimum Gasteiger partial charge on any atom is -0.497 e. The Bertz CT molecular complexity index is 291. The molecule has 78 valence electrons. The minimum absolute atomic E-state index is 0. The van der Waals surface area contributed by atoms with Gasteiger partial charge in [-0.2, -0.15) is 0 Å². The second-order valence-electron chi connectivity index (χ2n) is 2.22. The number of nitro groups is 1. The molecule has 0 aliphatic carbocycles. The summed E-state index contributed by atoms with van der Waals surface area (Å²) in [6, 6.07) is 6.72. The van der Waals surface area contributed by atoms with E-state index in [9.17, 15) is 10.1 Å². The number of hydrogen-bond acceptors (Lipinski definition) is 4. The molecule has 1 aromatic carbocycles. The van der Waals surface area contributed by atoms with E-state index >= 15 is 0 Å². The van der Waals surface area contributed by atoms with Crippen molar-refractivity contribution < 1.29 is 9.77 Å². The zero-order chi connectivity index (χ0) is 9.68. The minimum atomic E-state index is -0.676. The van der Waals surface area contributed by atoms with Crippen LogP contribution < -0.4 is 15.7 Å². The van der Waals surface area contributed by atoms with Crippen LogP contribution in [-0.2, 0) is 0 Å². The molecule has 0 aliphatic rings. The number of hydrazine groups is 2. The predicted molar refractivity (Wildman–Crippen MR) is 57.1 cm³/mol. The van der Waals surface area contributed by atoms with Crippen LogP contribution >= 0.6 is 17.0 Å². The summed E-state index contributed by atoms with van der Waals surface area (Å²) in [5, 5.41) is 9.23. The van der Waals surface area contributed by atoms with Crippen molar-refractivity contribution in [1.29, 1.82) is 0 Å². The van der Waals surface area contributed by atoms with Gasteiger partial charge >= 0.3 is 0 Å². The Morgan fingerprint density at radius 3 is 2.36 bits per heavy atom. The molecule has 0 unspecified atom stereocenters. The van der Waals surface area contributed by atoms with E-state index in [1.807, 2.05) is 5.53 Å². The van der Waals surface area contributed by atoms with E-state index in [4.69, 9.17) is 4.74 Å². The lowest BCUT2D eigenvalue weighted by Crippen LogP contribution is -2.27. The highest BCUT2D eigenvalue weighted by molar-refractivity contribution is 8.93. The fourth-order valence-corrected chi connectivity index (χ4v) is 0.785. The summed E-state index contributed by atoms with van der Waals surface area (Å²) < 4.78 is 4.91. The van der Waals surface area contributed by atoms with Crippen LogP contribution in [0.3, 0.4) is 0 Å². The Morgan fingerprint density at radius 2 is 1.93 bits per heavy atom. The first-order valence-electron chi connectivity index (χ1n) is 3.52. The number of anilines is 1. The summed E-state index contributed by atoms with van der Waals surface area (Å²) in [4.78, 5) is 9.90. The van der Waals surface area contributed by atoms with Gasteiger partial charge in [-0.15, -0.1) is 17.0 Å². The van der Waals surface area contributed by atoms with Gasteiger partial charge in [-0.3, -0.25) is 0 Å². The maximum atomic E-state index is 9.90. The molecule has 0 heterocycles. The van der Waals surface area contributed by atoms with Crippen molar-refractivity contribution in [3.8, 4) is 5.75 Å². The van der Waals surface area contributed by atoms with E-state index < -0.39 is 5.03 Å². The van der Waals surface area contributed by atoms with Crippen LogP contribution in [0.15, 0.2) is 24.3 Å². The van der Waals surface area contributed by atoms with Gasteiger partial charge in [0.15, 0.2) is 5.03 Å². The highest BCUT2D eigenvalue weighted by Gasteiger charge is 1.95. The van der Waals surface area contributed by atoms with E-state index in [0.717, 1.165) is 0 Å². The molecule has 0 amide bonds. The number of benzene rings is 1. The first kappa shape index (κ1) is 12.5. The van der Waals surface area contributed by atoms with Crippen LogP contribution in [-0.4, -0.2) is 12.1 Å². The molecule has 0 radical (unpaired) electrons. The van der Waals surface area contributed by atoms with Gasteiger partial charge in [0.2, 0.25) is 0 Å². The average molecular weight is 264 g/mol. The normalized spacial score (nSPS) is 8.36. The molecular weight excluding hydrogens is 254 g/mol. The number of rotatable bonds is 4. The summed E-state index contributed by atoms with van der Waals surface area (Å²) >= 11 is 0. The lowest BCUT2D eigenvalue weighted by atomic mass is 10.3. The number of nitrogens with one attached hydrogen (secondary N) is 2. The van der Waals surface area contributed by atoms with Crippen molar-refractivity contribution in [3.63, 3.8) is 0 Å². The van der Waals surface area contributed by atoms with E-state index in [1.54, 1.807) is 31.4 Å². The highest BCUT2D eigenvalue weighted by Crippen LogP contribution is 2.13. The van der Waals surface area contributed by atoms with E-state index in [1.165, 1.54) is 0 Å². The summed E-state index contributed by atoms with van der Waals surface area (Å²) in [5.74, 6) is 0.701. The van der Waals surface area contributed by atoms with Gasteiger partial charge in [-0.05, 0) is 29.8 Å². The van der Waals surface area contributed by atoms with Gasteiger partial charge in [-0.25, -0.2) is 15.5 Å². The van der Waals surface area contributed by atoms with Gasteiger partial charge in [0.1, 0.15) is 5.75 Å². The van der Waals surface area contributed by atoms with Crippen LogP contribution in [0, 0.1) is 10.1 Å². The highest BCUT2D eigenvalue weighted by atomic mass is 79.9. The molecule has 0 saturated carbocycles. The smallest absolute Gasteiger partial charge is 0.178 e. The molecule has 0 spiro atoms. The van der Waals surface area contributed by atoms with E-state index in [2.05, 4.69) is 5.43 Å². The molecule has 0 saturated heterocycles. The molecule has 7 heteroatoms. The molecule has 0 atom stereocenters. The topological polar surface area (TPSA) is 76.4 Å². The standard InChI is InChI=1S/C7H9N3O3.BrH/c1-13-7-4-2-6(3-5-7)8-9-10(11)12;/h2-5,8-9H,1H3;1H. The third-order valence-corrected chi connectivity index (χ3v) is 1.38. The van der Waals surface area contributed by atoms with Gasteiger partial charge in [0.05, 0.1) is 12.8 Å². The van der Waals surface area contributed by atoms with Crippen LogP contribution in [0.5, 0.6) is 5.75 Å². The van der Waals surface area contributed by atoms with Crippen LogP contribution in [0.4, 0.5) is 5.69 Å². The van der Waals surface area contributed by atoms with Crippen molar-refractivity contribution in [3.05, 3.63) is 34.4 Å². The molecule has 6 nitrogen and oxygen atoms in total. The lowest BCUT2D eigenvalue weighted by Gasteiger charge is -2.03. The predicted octanol–water partition coefficient (Wildman–Crippen LogP) is 1.38. The number of ether oxygens (including phenoxy) is 1. The largest absolute Gasteiger partial charge is 0.497 e. The van der Waals surface area contributed by atoms with E-state index in [-0.39, 0.29) is 17.0 Å². The molecule has 0 aromatic heterocycles. The zero-order valence-corrected chi connectivity index (χ0v) is 9.10. The Hall–Kier alpha value is -1.50. The summed E-state index contributed by atoms with van der Waals surface area (Å²) in [5.41, 5.74) is 4.82. The Labute approximate surface area is 91.1 Å². The maximum absolute atomic E-state index is 9.90. The SMILES string of the molecule is Br.COc1ccc(NN[N+](=O)[O-])cc1. The van der Waals surface area contributed by atoms with Crippen molar-refractivity contribution in [2.24, 2.45) is 0 Å². The summed E-state index contributed by atoms with van der Waals surface area (Å²) in [7, 11) is 1.55. The first-order chi connectivity index (χ1) is 6.22. The van der Waals surface area contributed by atoms with Crippen molar-refractivity contribution in [2.45, 2.75) is 0 Å². The Morgan fingerprint density at radius 1 is 1.36 bits per heavy atom. The molecule has 1 aromatic rings. The van der Waals surface area contributed by atoms with Crippen LogP contribution in [0.2, 0.25) is 0 Å². The molecule has 2 N–H and O–H groups in total. The van der Waals surface area contributed by atoms with Crippen molar-refractivity contribution in [1.82, 2.24) is 5.53 Å². The third kappa shape index (κ3) is 3.94. The van der Waals surface area contributed by atoms with Crippen LogP contribution in [0.1, 0.15) is 0 Å². The maximum Gasteiger partial charge on any atom is 0.178 e. The van der Waals surface area contributed by atoms with Gasteiger partial charge in [0.25, 0.3) is 0 Å². The summed E-state index contributed by atoms with van der Waals surface area (Å²) in [6.07, 6.45) is 0. The van der Waals surface area contributed by atoms with Gasteiger partial charge in [0, 0.05) is 0 Å². The molecule has 0 aliphatic heterocycles. The average Bonchev–Trinajstić information content (AvgIpc) is 2.15. The second kappa shape index (κ2) is 6.03. The Kier molecular flexibility index (Phi) is 5.38. The quantitative estimate of drug-likeness (QED) is 0.634. The lowest BCUT2D eigenvalue weighted by molar-refractivity contribution is -0.538. The Balaban J connectivity index is 0.00000169. The first-order valence-corrected chi connectivity index (χ1v) is 3.52. The molecular formula is C7H10BrN3O3. The summed E-state index contributed by atoms with van der Waals surface area (Å²) in [6.45, 7) is 0. The monoisotopic (exact) mass is 263 g/mol. The van der Waals surface area contributed by atoms with E-state index in [0.29, 0.717) is 11.4 Å². The van der Waals surface area contributed by atoms with Crippen molar-refractivity contribution in [2.75, 3.05) is 12.5 Å². The fraction of sp³-hybridized carbons (Fsp3) is 0.143. The fourth-order valence-electron chi connectivity index (χ4n) is 0.785. The zero-order valence-electron chi connectivity index (χ0n) is 7.39. The molecule has 14 heavy (non-hydrogen) atoms. The van der Waals surface area contributed by atoms with Gasteiger partial charge in [-0.1, -0.05) is 0 Å². The number of halogens is 1. The molecule has 1 rings (SSSR count).